The topological polar surface area (TPSA) is 84.9 Å². The first-order valence-corrected chi connectivity index (χ1v) is 16.8. The van der Waals surface area contributed by atoms with Gasteiger partial charge in [0.15, 0.2) is 0 Å². The van der Waals surface area contributed by atoms with Crippen molar-refractivity contribution in [2.24, 2.45) is 0 Å². The van der Waals surface area contributed by atoms with Crippen LogP contribution in [0, 0.1) is 11.6 Å². The fraction of sp³-hybridized carbons (Fsp3) is 0.474. The van der Waals surface area contributed by atoms with Crippen molar-refractivity contribution in [3.05, 3.63) is 106 Å². The highest BCUT2D eigenvalue weighted by Crippen LogP contribution is 2.18. The van der Waals surface area contributed by atoms with Gasteiger partial charge >= 0.3 is 0 Å². The number of aliphatic hydroxyl groups excluding tert-OH is 1. The monoisotopic (exact) mass is 650 g/mol. The van der Waals surface area contributed by atoms with E-state index < -0.39 is 29.7 Å². The van der Waals surface area contributed by atoms with E-state index in [0.717, 1.165) is 49.4 Å². The summed E-state index contributed by atoms with van der Waals surface area (Å²) < 4.78 is 28.2. The van der Waals surface area contributed by atoms with Crippen LogP contribution in [0.15, 0.2) is 60.7 Å². The van der Waals surface area contributed by atoms with Crippen LogP contribution < -0.4 is 10.6 Å². The summed E-state index contributed by atoms with van der Waals surface area (Å²) in [6.45, 7) is 8.87. The molecule has 0 aliphatic rings. The average molecular weight is 651 g/mol. The quantitative estimate of drug-likeness (QED) is 0.153. The molecule has 9 heteroatoms. The lowest BCUT2D eigenvalue weighted by molar-refractivity contribution is 0.0755. The van der Waals surface area contributed by atoms with E-state index in [4.69, 9.17) is 0 Å². The third-order valence-electron chi connectivity index (χ3n) is 8.09. The molecule has 2 amide bonds. The van der Waals surface area contributed by atoms with Crippen molar-refractivity contribution < 1.29 is 23.5 Å². The van der Waals surface area contributed by atoms with Crippen molar-refractivity contribution >= 4 is 11.8 Å². The van der Waals surface area contributed by atoms with Crippen LogP contribution in [-0.2, 0) is 25.8 Å². The van der Waals surface area contributed by atoms with Gasteiger partial charge in [-0.2, -0.15) is 0 Å². The zero-order chi connectivity index (χ0) is 34.3. The van der Waals surface area contributed by atoms with E-state index in [0.29, 0.717) is 42.7 Å². The van der Waals surface area contributed by atoms with Crippen LogP contribution in [0.1, 0.15) is 83.0 Å². The number of benzene rings is 3. The van der Waals surface area contributed by atoms with E-state index in [1.54, 1.807) is 12.1 Å². The van der Waals surface area contributed by atoms with Gasteiger partial charge < -0.3 is 25.5 Å². The molecular weight excluding hydrogens is 598 g/mol. The number of aryl methyl sites for hydroxylation is 2. The first kappa shape index (κ1) is 37.8. The predicted octanol–water partition coefficient (Wildman–Crippen LogP) is 5.78. The fourth-order valence-electron chi connectivity index (χ4n) is 5.71. The minimum Gasteiger partial charge on any atom is -0.390 e. The number of carbonyl (C=O) groups excluding carboxylic acids is 2. The average Bonchev–Trinajstić information content (AvgIpc) is 3.03. The van der Waals surface area contributed by atoms with E-state index in [1.165, 1.54) is 17.7 Å². The van der Waals surface area contributed by atoms with Gasteiger partial charge in [0.05, 0.1) is 12.1 Å². The molecule has 256 valence electrons. The first-order chi connectivity index (χ1) is 22.5. The number of hydrogen-bond donors (Lipinski definition) is 3. The molecular formula is C38H52F2N4O3. The largest absolute Gasteiger partial charge is 0.390 e. The Morgan fingerprint density at radius 1 is 0.809 bits per heavy atom. The van der Waals surface area contributed by atoms with Gasteiger partial charge in [0, 0.05) is 43.4 Å². The summed E-state index contributed by atoms with van der Waals surface area (Å²) in [5.41, 5.74) is 4.20. The van der Waals surface area contributed by atoms with Crippen LogP contribution >= 0.6 is 0 Å². The summed E-state index contributed by atoms with van der Waals surface area (Å²) in [7, 11) is 4.00. The molecule has 3 aromatic rings. The van der Waals surface area contributed by atoms with Crippen molar-refractivity contribution in [3.8, 4) is 0 Å². The minimum absolute atomic E-state index is 0.00365. The lowest BCUT2D eigenvalue weighted by Crippen LogP contribution is -2.48. The number of amides is 2. The van der Waals surface area contributed by atoms with Crippen LogP contribution in [0.3, 0.4) is 0 Å². The van der Waals surface area contributed by atoms with Crippen molar-refractivity contribution in [1.29, 1.82) is 0 Å². The number of nitrogens with one attached hydrogen (secondary N) is 2. The number of hydrogen-bond acceptors (Lipinski definition) is 5. The molecule has 0 bridgehead atoms. The molecule has 47 heavy (non-hydrogen) atoms. The number of rotatable bonds is 19. The second-order valence-corrected chi connectivity index (χ2v) is 12.6. The van der Waals surface area contributed by atoms with Gasteiger partial charge in [0.2, 0.25) is 0 Å². The smallest absolute Gasteiger partial charge is 0.253 e. The molecule has 3 N–H and O–H groups in total. The number of halogens is 2. The SMILES string of the molecule is CCCN(CCC)C(=O)c1cc(CCCN(C)C)cc(C(=O)N[C@@H](Cc2cc(F)cc(F)c2)C(O)CNCc2cccc(CC)c2)c1. The molecule has 1 unspecified atom stereocenters. The standard InChI is InChI=1S/C38H52F2N4O3/c1-6-14-44(15-7-2)38(47)32-19-28(13-10-16-43(4)5)18-31(23-32)37(46)42-35(22-30-20-33(39)24-34(40)21-30)36(45)26-41-25-29-12-9-11-27(8-3)17-29/h9,11-12,17-21,23-24,35-36,41,45H,6-8,10,13-16,22,25-26H2,1-5H3,(H,42,46)/t35-,36?/m0/s1. The Bertz CT molecular complexity index is 1420. The van der Waals surface area contributed by atoms with E-state index in [9.17, 15) is 23.5 Å². The lowest BCUT2D eigenvalue weighted by Gasteiger charge is -2.26. The predicted molar refractivity (Wildman–Crippen MR) is 185 cm³/mol. The number of aliphatic hydroxyl groups is 1. The van der Waals surface area contributed by atoms with Crippen LogP contribution in [0.4, 0.5) is 8.78 Å². The highest BCUT2D eigenvalue weighted by Gasteiger charge is 2.25. The van der Waals surface area contributed by atoms with Gasteiger partial charge in [-0.3, -0.25) is 9.59 Å². The van der Waals surface area contributed by atoms with E-state index in [1.807, 2.05) is 51.0 Å². The molecule has 0 saturated heterocycles. The van der Waals surface area contributed by atoms with Gasteiger partial charge in [-0.05, 0) is 112 Å². The third kappa shape index (κ3) is 12.5. The normalized spacial score (nSPS) is 12.6. The number of nitrogens with zero attached hydrogens (tertiary/aromatic N) is 2. The summed E-state index contributed by atoms with van der Waals surface area (Å²) in [6.07, 6.45) is 3.00. The van der Waals surface area contributed by atoms with Crippen molar-refractivity contribution in [2.45, 2.75) is 78.0 Å². The Hall–Kier alpha value is -3.66. The molecule has 3 rings (SSSR count). The van der Waals surface area contributed by atoms with Crippen molar-refractivity contribution in [2.75, 3.05) is 40.3 Å². The van der Waals surface area contributed by atoms with Crippen molar-refractivity contribution in [3.63, 3.8) is 0 Å². The van der Waals surface area contributed by atoms with Gasteiger partial charge in [-0.15, -0.1) is 0 Å². The van der Waals surface area contributed by atoms with Gasteiger partial charge in [0.1, 0.15) is 11.6 Å². The Balaban J connectivity index is 1.88. The number of carbonyl (C=O) groups is 2. The van der Waals surface area contributed by atoms with E-state index in [-0.39, 0.29) is 18.9 Å². The molecule has 0 heterocycles. The highest BCUT2D eigenvalue weighted by molar-refractivity contribution is 6.00. The Morgan fingerprint density at radius 2 is 1.47 bits per heavy atom. The van der Waals surface area contributed by atoms with E-state index >= 15 is 0 Å². The second-order valence-electron chi connectivity index (χ2n) is 12.6. The zero-order valence-corrected chi connectivity index (χ0v) is 28.6. The minimum atomic E-state index is -1.08. The molecule has 2 atom stereocenters. The summed E-state index contributed by atoms with van der Waals surface area (Å²) in [6, 6.07) is 15.7. The second kappa shape index (κ2) is 19.2. The summed E-state index contributed by atoms with van der Waals surface area (Å²) >= 11 is 0. The summed E-state index contributed by atoms with van der Waals surface area (Å²) in [5, 5.41) is 17.5. The maximum atomic E-state index is 14.1. The van der Waals surface area contributed by atoms with Crippen LogP contribution in [0.25, 0.3) is 0 Å². The van der Waals surface area contributed by atoms with Crippen molar-refractivity contribution in [1.82, 2.24) is 20.4 Å². The maximum absolute atomic E-state index is 14.1. The van der Waals surface area contributed by atoms with E-state index in [2.05, 4.69) is 34.6 Å². The summed E-state index contributed by atoms with van der Waals surface area (Å²) in [4.78, 5) is 31.4. The molecule has 3 aromatic carbocycles. The molecule has 0 aliphatic heterocycles. The highest BCUT2D eigenvalue weighted by atomic mass is 19.1. The summed E-state index contributed by atoms with van der Waals surface area (Å²) in [5.74, 6) is -2.06. The zero-order valence-electron chi connectivity index (χ0n) is 28.6. The molecule has 0 aliphatic carbocycles. The Kier molecular flexibility index (Phi) is 15.5. The van der Waals surface area contributed by atoms with Gasteiger partial charge in [-0.25, -0.2) is 8.78 Å². The van der Waals surface area contributed by atoms with Crippen LogP contribution in [-0.4, -0.2) is 79.1 Å². The molecule has 7 nitrogen and oxygen atoms in total. The molecule has 0 aromatic heterocycles. The Morgan fingerprint density at radius 3 is 2.11 bits per heavy atom. The van der Waals surface area contributed by atoms with Crippen LogP contribution in [0.5, 0.6) is 0 Å². The fourth-order valence-corrected chi connectivity index (χ4v) is 5.71. The van der Waals surface area contributed by atoms with Gasteiger partial charge in [0.25, 0.3) is 11.8 Å². The molecule has 0 saturated carbocycles. The lowest BCUT2D eigenvalue weighted by atomic mass is 9.98. The molecule has 0 fully saturated rings. The molecule has 0 radical (unpaired) electrons. The molecule has 0 spiro atoms. The Labute approximate surface area is 279 Å². The van der Waals surface area contributed by atoms with Gasteiger partial charge in [-0.1, -0.05) is 45.0 Å². The third-order valence-corrected chi connectivity index (χ3v) is 8.09. The maximum Gasteiger partial charge on any atom is 0.253 e. The van der Waals surface area contributed by atoms with Crippen LogP contribution in [0.2, 0.25) is 0 Å². The first-order valence-electron chi connectivity index (χ1n) is 16.8.